The molecule has 3 aromatic rings. The number of carboxylic acid groups (broad SMARTS) is 1. The molecule has 1 aromatic carbocycles. The molecule has 2 aromatic heterocycles. The number of imidazole rings is 1. The van der Waals surface area contributed by atoms with Crippen LogP contribution < -0.4 is 0 Å². The van der Waals surface area contributed by atoms with Crippen molar-refractivity contribution in [3.8, 4) is 11.3 Å². The van der Waals surface area contributed by atoms with Crippen molar-refractivity contribution in [3.63, 3.8) is 0 Å². The summed E-state index contributed by atoms with van der Waals surface area (Å²) in [6, 6.07) is 7.13. The Morgan fingerprint density at radius 3 is 2.68 bits per heavy atom. The fraction of sp³-hybridized carbons (Fsp3) is 0.0769. The van der Waals surface area contributed by atoms with Crippen LogP contribution in [0.15, 0.2) is 30.5 Å². The van der Waals surface area contributed by atoms with Gasteiger partial charge in [0.2, 0.25) is 0 Å². The average molecular weight is 293 g/mol. The predicted octanol–water partition coefficient (Wildman–Crippen LogP) is 3.72. The highest BCUT2D eigenvalue weighted by molar-refractivity contribution is 7.19. The minimum Gasteiger partial charge on any atom is -0.477 e. The first-order chi connectivity index (χ1) is 9.08. The highest BCUT2D eigenvalue weighted by Gasteiger charge is 2.21. The van der Waals surface area contributed by atoms with Gasteiger partial charge in [-0.2, -0.15) is 0 Å². The summed E-state index contributed by atoms with van der Waals surface area (Å²) in [7, 11) is 0. The van der Waals surface area contributed by atoms with Crippen LogP contribution in [-0.2, 0) is 0 Å². The molecule has 96 valence electrons. The smallest absolute Gasteiger partial charge is 0.348 e. The minimum atomic E-state index is -0.945. The van der Waals surface area contributed by atoms with Gasteiger partial charge in [0.25, 0.3) is 0 Å². The van der Waals surface area contributed by atoms with E-state index >= 15 is 0 Å². The van der Waals surface area contributed by atoms with Gasteiger partial charge >= 0.3 is 5.97 Å². The Hall–Kier alpha value is -1.85. The van der Waals surface area contributed by atoms with E-state index < -0.39 is 5.97 Å². The van der Waals surface area contributed by atoms with Gasteiger partial charge in [-0.15, -0.1) is 0 Å². The molecular weight excluding hydrogens is 284 g/mol. The number of aryl methyl sites for hydroxylation is 1. The quantitative estimate of drug-likeness (QED) is 0.783. The highest BCUT2D eigenvalue weighted by atomic mass is 35.5. The van der Waals surface area contributed by atoms with Gasteiger partial charge in [-0.1, -0.05) is 35.1 Å². The molecule has 0 aliphatic rings. The van der Waals surface area contributed by atoms with Crippen LogP contribution in [0.25, 0.3) is 16.2 Å². The Morgan fingerprint density at radius 1 is 1.37 bits per heavy atom. The van der Waals surface area contributed by atoms with Gasteiger partial charge in [-0.3, -0.25) is 4.40 Å². The van der Waals surface area contributed by atoms with Crippen LogP contribution in [0, 0.1) is 6.92 Å². The number of rotatable bonds is 2. The average Bonchev–Trinajstić information content (AvgIpc) is 2.91. The summed E-state index contributed by atoms with van der Waals surface area (Å²) in [5.74, 6) is -0.945. The SMILES string of the molecule is Cc1cnc2sc(C(=O)O)c(-c3ccc(Cl)cc3)n12. The number of hydrogen-bond donors (Lipinski definition) is 1. The standard InChI is InChI=1S/C13H9ClN2O2S/c1-7-6-15-13-16(7)10(11(19-13)12(17)18)8-2-4-9(14)5-3-8/h2-6H,1H3,(H,17,18). The lowest BCUT2D eigenvalue weighted by Gasteiger charge is -2.04. The largest absolute Gasteiger partial charge is 0.477 e. The van der Waals surface area contributed by atoms with Crippen LogP contribution in [0.2, 0.25) is 5.02 Å². The van der Waals surface area contributed by atoms with E-state index in [2.05, 4.69) is 4.98 Å². The number of benzene rings is 1. The molecule has 3 rings (SSSR count). The second-order valence-corrected chi connectivity index (χ2v) is 5.52. The summed E-state index contributed by atoms with van der Waals surface area (Å²) in [6.45, 7) is 1.90. The summed E-state index contributed by atoms with van der Waals surface area (Å²) in [6.07, 6.45) is 1.73. The molecular formula is C13H9ClN2O2S. The van der Waals surface area contributed by atoms with Gasteiger partial charge in [0.05, 0.1) is 5.69 Å². The van der Waals surface area contributed by atoms with E-state index in [-0.39, 0.29) is 4.88 Å². The molecule has 4 nitrogen and oxygen atoms in total. The van der Waals surface area contributed by atoms with Crippen molar-refractivity contribution in [2.75, 3.05) is 0 Å². The Bertz CT molecular complexity index is 774. The van der Waals surface area contributed by atoms with E-state index in [4.69, 9.17) is 11.6 Å². The lowest BCUT2D eigenvalue weighted by atomic mass is 10.1. The van der Waals surface area contributed by atoms with Crippen molar-refractivity contribution in [1.82, 2.24) is 9.38 Å². The van der Waals surface area contributed by atoms with Gasteiger partial charge in [0.1, 0.15) is 4.88 Å². The van der Waals surface area contributed by atoms with E-state index in [1.54, 1.807) is 18.3 Å². The van der Waals surface area contributed by atoms with Gasteiger partial charge in [0.15, 0.2) is 4.96 Å². The maximum atomic E-state index is 11.4. The molecule has 1 N–H and O–H groups in total. The topological polar surface area (TPSA) is 54.6 Å². The zero-order chi connectivity index (χ0) is 13.6. The molecule has 0 bridgehead atoms. The van der Waals surface area contributed by atoms with Gasteiger partial charge in [-0.05, 0) is 19.1 Å². The van der Waals surface area contributed by atoms with Crippen LogP contribution in [0.3, 0.4) is 0 Å². The number of nitrogens with zero attached hydrogens (tertiary/aromatic N) is 2. The Labute approximate surface area is 117 Å². The van der Waals surface area contributed by atoms with Crippen LogP contribution in [0.5, 0.6) is 0 Å². The molecule has 0 amide bonds. The first-order valence-electron chi connectivity index (χ1n) is 5.54. The van der Waals surface area contributed by atoms with Crippen molar-refractivity contribution in [2.24, 2.45) is 0 Å². The Morgan fingerprint density at radius 2 is 2.05 bits per heavy atom. The maximum Gasteiger partial charge on any atom is 0.348 e. The number of aromatic nitrogens is 2. The number of fused-ring (bicyclic) bond motifs is 1. The third-order valence-electron chi connectivity index (χ3n) is 2.85. The van der Waals surface area contributed by atoms with E-state index in [0.29, 0.717) is 15.7 Å². The third kappa shape index (κ3) is 1.91. The molecule has 0 saturated heterocycles. The lowest BCUT2D eigenvalue weighted by molar-refractivity contribution is 0.0702. The van der Waals surface area contributed by atoms with Crippen molar-refractivity contribution in [2.45, 2.75) is 6.92 Å². The van der Waals surface area contributed by atoms with Crippen molar-refractivity contribution in [3.05, 3.63) is 46.1 Å². The van der Waals surface area contributed by atoms with E-state index in [0.717, 1.165) is 11.3 Å². The van der Waals surface area contributed by atoms with E-state index in [9.17, 15) is 9.90 Å². The van der Waals surface area contributed by atoms with Crippen molar-refractivity contribution in [1.29, 1.82) is 0 Å². The molecule has 0 atom stereocenters. The van der Waals surface area contributed by atoms with Crippen LogP contribution in [0.4, 0.5) is 0 Å². The number of aromatic carboxylic acids is 1. The Kier molecular flexibility index (Phi) is 2.80. The fourth-order valence-corrected chi connectivity index (χ4v) is 3.15. The third-order valence-corrected chi connectivity index (χ3v) is 4.14. The molecule has 0 aliphatic heterocycles. The zero-order valence-electron chi connectivity index (χ0n) is 9.92. The van der Waals surface area contributed by atoms with Crippen LogP contribution in [-0.4, -0.2) is 20.5 Å². The zero-order valence-corrected chi connectivity index (χ0v) is 11.5. The summed E-state index contributed by atoms with van der Waals surface area (Å²) in [4.78, 5) is 16.6. The van der Waals surface area contributed by atoms with Crippen molar-refractivity contribution >= 4 is 33.9 Å². The molecule has 0 aliphatic carbocycles. The number of carbonyl (C=O) groups is 1. The Balaban J connectivity index is 2.36. The van der Waals surface area contributed by atoms with Crippen LogP contribution >= 0.6 is 22.9 Å². The van der Waals surface area contributed by atoms with Crippen LogP contribution in [0.1, 0.15) is 15.4 Å². The summed E-state index contributed by atoms with van der Waals surface area (Å²) >= 11 is 7.04. The molecule has 0 radical (unpaired) electrons. The number of carboxylic acids is 1. The second-order valence-electron chi connectivity index (χ2n) is 4.11. The monoisotopic (exact) mass is 292 g/mol. The summed E-state index contributed by atoms with van der Waals surface area (Å²) in [5.41, 5.74) is 2.37. The van der Waals surface area contributed by atoms with Gasteiger partial charge in [-0.25, -0.2) is 9.78 Å². The minimum absolute atomic E-state index is 0.286. The number of hydrogen-bond acceptors (Lipinski definition) is 3. The van der Waals surface area contributed by atoms with Crippen molar-refractivity contribution < 1.29 is 9.90 Å². The summed E-state index contributed by atoms with van der Waals surface area (Å²) in [5, 5.41) is 9.95. The highest BCUT2D eigenvalue weighted by Crippen LogP contribution is 2.33. The first-order valence-corrected chi connectivity index (χ1v) is 6.73. The van der Waals surface area contributed by atoms with Gasteiger partial charge < -0.3 is 5.11 Å². The fourth-order valence-electron chi connectivity index (χ4n) is 2.01. The molecule has 0 unspecified atom stereocenters. The molecule has 0 spiro atoms. The maximum absolute atomic E-state index is 11.4. The number of halogens is 1. The molecule has 0 fully saturated rings. The lowest BCUT2D eigenvalue weighted by Crippen LogP contribution is -1.98. The normalized spacial score (nSPS) is 11.1. The predicted molar refractivity (Wildman–Crippen MR) is 75.2 cm³/mol. The molecule has 6 heteroatoms. The summed E-state index contributed by atoms with van der Waals surface area (Å²) < 4.78 is 1.86. The number of thiazole rings is 1. The molecule has 19 heavy (non-hydrogen) atoms. The molecule has 2 heterocycles. The van der Waals surface area contributed by atoms with Gasteiger partial charge in [0, 0.05) is 22.5 Å². The first kappa shape index (κ1) is 12.2. The molecule has 0 saturated carbocycles. The van der Waals surface area contributed by atoms with E-state index in [1.165, 1.54) is 11.3 Å². The van der Waals surface area contributed by atoms with E-state index in [1.807, 2.05) is 23.5 Å². The second kappa shape index (κ2) is 4.36.